The standard InChI is InChI=1S/C13H22Si2/c1-14(2,3)15(11-7-8-12-15)13-9-5-4-6-10-13/h4-6,9-10H,7-8,11-12H2,1-3H3. The predicted molar refractivity (Wildman–Crippen MR) is 74.0 cm³/mol. The van der Waals surface area contributed by atoms with Crippen LogP contribution in [0.15, 0.2) is 30.3 Å². The first-order valence-electron chi connectivity index (χ1n) is 6.12. The molecule has 0 atom stereocenters. The molecular weight excluding hydrogens is 212 g/mol. The van der Waals surface area contributed by atoms with E-state index in [0.29, 0.717) is 0 Å². The minimum atomic E-state index is -1.07. The van der Waals surface area contributed by atoms with E-state index >= 15 is 0 Å². The van der Waals surface area contributed by atoms with Gasteiger partial charge in [0, 0.05) is 7.59 Å². The third-order valence-corrected chi connectivity index (χ3v) is 21.9. The number of hydrogen-bond acceptors (Lipinski definition) is 0. The minimum absolute atomic E-state index is 0.976. The lowest BCUT2D eigenvalue weighted by molar-refractivity contribution is 0.935. The summed E-state index contributed by atoms with van der Waals surface area (Å²) < 4.78 is 0. The lowest BCUT2D eigenvalue weighted by Gasteiger charge is -2.39. The Hall–Kier alpha value is -0.346. The number of benzene rings is 1. The number of rotatable bonds is 2. The van der Waals surface area contributed by atoms with Crippen molar-refractivity contribution in [1.29, 1.82) is 0 Å². The summed E-state index contributed by atoms with van der Waals surface area (Å²) in [5.74, 6) is 0. The van der Waals surface area contributed by atoms with Crippen molar-refractivity contribution in [2.45, 2.75) is 44.6 Å². The Balaban J connectivity index is 2.44. The van der Waals surface area contributed by atoms with Crippen molar-refractivity contribution in [1.82, 2.24) is 0 Å². The molecule has 1 aromatic carbocycles. The van der Waals surface area contributed by atoms with Crippen LogP contribution >= 0.6 is 0 Å². The SMILES string of the molecule is C[Si](C)(C)[Si]1(c2ccccc2)CCCC1. The van der Waals surface area contributed by atoms with Gasteiger partial charge in [-0.25, -0.2) is 0 Å². The second kappa shape index (κ2) is 3.91. The Labute approximate surface area is 95.5 Å². The third kappa shape index (κ3) is 1.85. The molecule has 0 bridgehead atoms. The maximum absolute atomic E-state index is 2.59. The molecule has 1 aliphatic heterocycles. The average molecular weight is 234 g/mol. The molecule has 0 unspecified atom stereocenters. The molecule has 0 aliphatic carbocycles. The molecule has 1 fully saturated rings. The van der Waals surface area contributed by atoms with Crippen LogP contribution in [0.25, 0.3) is 0 Å². The van der Waals surface area contributed by atoms with Crippen LogP contribution in [0.2, 0.25) is 31.7 Å². The van der Waals surface area contributed by atoms with Gasteiger partial charge in [-0.3, -0.25) is 0 Å². The van der Waals surface area contributed by atoms with Gasteiger partial charge in [-0.2, -0.15) is 0 Å². The van der Waals surface area contributed by atoms with Crippen molar-refractivity contribution >= 4 is 20.4 Å². The second-order valence-corrected chi connectivity index (χ2v) is 21.5. The van der Waals surface area contributed by atoms with Gasteiger partial charge in [0.25, 0.3) is 0 Å². The maximum Gasteiger partial charge on any atom is 0.0795 e. The van der Waals surface area contributed by atoms with Gasteiger partial charge in [-0.1, -0.05) is 80.1 Å². The zero-order chi connectivity index (χ0) is 10.9. The van der Waals surface area contributed by atoms with E-state index in [1.807, 2.05) is 0 Å². The van der Waals surface area contributed by atoms with Crippen molar-refractivity contribution < 1.29 is 0 Å². The van der Waals surface area contributed by atoms with E-state index in [4.69, 9.17) is 0 Å². The Morgan fingerprint density at radius 2 is 1.47 bits per heavy atom. The molecule has 2 heteroatoms. The van der Waals surface area contributed by atoms with Crippen LogP contribution in [0.1, 0.15) is 12.8 Å². The summed E-state index contributed by atoms with van der Waals surface area (Å²) in [5.41, 5.74) is 0. The molecule has 82 valence electrons. The summed E-state index contributed by atoms with van der Waals surface area (Å²) in [6.45, 7) is 7.78. The first-order valence-corrected chi connectivity index (χ1v) is 13.0. The van der Waals surface area contributed by atoms with Crippen molar-refractivity contribution in [3.63, 3.8) is 0 Å². The summed E-state index contributed by atoms with van der Waals surface area (Å²) >= 11 is 0. The van der Waals surface area contributed by atoms with Gasteiger partial charge in [0.05, 0.1) is 7.59 Å². The van der Waals surface area contributed by atoms with Crippen molar-refractivity contribution in [2.75, 3.05) is 0 Å². The Morgan fingerprint density at radius 3 is 1.93 bits per heavy atom. The fourth-order valence-electron chi connectivity index (χ4n) is 3.21. The van der Waals surface area contributed by atoms with Crippen LogP contribution in [0.5, 0.6) is 0 Å². The van der Waals surface area contributed by atoms with E-state index in [0.717, 1.165) is 0 Å². The fraction of sp³-hybridized carbons (Fsp3) is 0.538. The van der Waals surface area contributed by atoms with Gasteiger partial charge < -0.3 is 0 Å². The van der Waals surface area contributed by atoms with Crippen LogP contribution in [0.4, 0.5) is 0 Å². The average Bonchev–Trinajstić information content (AvgIpc) is 2.68. The van der Waals surface area contributed by atoms with Gasteiger partial charge in [0.2, 0.25) is 0 Å². The predicted octanol–water partition coefficient (Wildman–Crippen LogP) is 3.55. The van der Waals surface area contributed by atoms with E-state index in [1.54, 1.807) is 17.3 Å². The summed E-state index contributed by atoms with van der Waals surface area (Å²) in [6.07, 6.45) is 2.98. The zero-order valence-electron chi connectivity index (χ0n) is 10.2. The molecule has 15 heavy (non-hydrogen) atoms. The van der Waals surface area contributed by atoms with Crippen LogP contribution < -0.4 is 5.19 Å². The van der Waals surface area contributed by atoms with Crippen LogP contribution in [0, 0.1) is 0 Å². The van der Waals surface area contributed by atoms with Gasteiger partial charge in [-0.15, -0.1) is 0 Å². The summed E-state index contributed by atoms with van der Waals surface area (Å²) in [4.78, 5) is 0. The van der Waals surface area contributed by atoms with E-state index in [1.165, 1.54) is 12.8 Å². The normalized spacial score (nSPS) is 20.5. The lowest BCUT2D eigenvalue weighted by Crippen LogP contribution is -2.63. The smallest absolute Gasteiger partial charge is 0.0712 e. The fourth-order valence-corrected chi connectivity index (χ4v) is 17.6. The van der Waals surface area contributed by atoms with Gasteiger partial charge in [0.1, 0.15) is 0 Å². The van der Waals surface area contributed by atoms with Crippen LogP contribution in [-0.2, 0) is 0 Å². The highest BCUT2D eigenvalue weighted by Crippen LogP contribution is 2.36. The molecule has 1 aliphatic rings. The maximum atomic E-state index is 2.59. The highest BCUT2D eigenvalue weighted by atomic mass is 29.3. The first-order chi connectivity index (χ1) is 7.06. The minimum Gasteiger partial charge on any atom is -0.0712 e. The van der Waals surface area contributed by atoms with E-state index in [2.05, 4.69) is 50.0 Å². The molecule has 1 heterocycles. The summed E-state index contributed by atoms with van der Waals surface area (Å²) in [6, 6.07) is 14.6. The molecule has 0 saturated carbocycles. The Bertz CT molecular complexity index is 318. The molecule has 1 aromatic rings. The monoisotopic (exact) mass is 234 g/mol. The molecule has 0 aromatic heterocycles. The second-order valence-electron chi connectivity index (χ2n) is 5.91. The quantitative estimate of drug-likeness (QED) is 0.687. The van der Waals surface area contributed by atoms with E-state index in [9.17, 15) is 0 Å². The van der Waals surface area contributed by atoms with E-state index < -0.39 is 15.2 Å². The Kier molecular flexibility index (Phi) is 2.90. The van der Waals surface area contributed by atoms with Gasteiger partial charge in [0.15, 0.2) is 0 Å². The summed E-state index contributed by atoms with van der Waals surface area (Å²) in [7, 11) is -2.05. The zero-order valence-corrected chi connectivity index (χ0v) is 12.2. The first kappa shape index (κ1) is 11.1. The largest absolute Gasteiger partial charge is 0.0795 e. The number of hydrogen-bond donors (Lipinski definition) is 0. The molecular formula is C13H22Si2. The van der Waals surface area contributed by atoms with Crippen LogP contribution in [0.3, 0.4) is 0 Å². The lowest BCUT2D eigenvalue weighted by atomic mass is 10.4. The van der Waals surface area contributed by atoms with Gasteiger partial charge in [-0.05, 0) is 0 Å². The van der Waals surface area contributed by atoms with Gasteiger partial charge >= 0.3 is 0 Å². The molecule has 0 nitrogen and oxygen atoms in total. The van der Waals surface area contributed by atoms with Crippen LogP contribution in [-0.4, -0.2) is 15.2 Å². The van der Waals surface area contributed by atoms with Crippen molar-refractivity contribution in [3.05, 3.63) is 30.3 Å². The molecule has 1 saturated heterocycles. The molecule has 0 radical (unpaired) electrons. The highest BCUT2D eigenvalue weighted by Gasteiger charge is 2.48. The van der Waals surface area contributed by atoms with Crippen molar-refractivity contribution in [3.8, 4) is 0 Å². The molecule has 0 N–H and O–H groups in total. The Morgan fingerprint density at radius 1 is 0.933 bits per heavy atom. The highest BCUT2D eigenvalue weighted by molar-refractivity contribution is 7.46. The van der Waals surface area contributed by atoms with Crippen molar-refractivity contribution in [2.24, 2.45) is 0 Å². The topological polar surface area (TPSA) is 0 Å². The molecule has 0 amide bonds. The van der Waals surface area contributed by atoms with E-state index in [-0.39, 0.29) is 0 Å². The molecule has 2 rings (SSSR count). The summed E-state index contributed by atoms with van der Waals surface area (Å²) in [5, 5.41) is 1.75. The molecule has 0 spiro atoms. The third-order valence-electron chi connectivity index (χ3n) is 4.22.